The molecule has 0 spiro atoms. The molecule has 8 nitrogen and oxygen atoms in total. The van der Waals surface area contributed by atoms with Crippen molar-refractivity contribution in [2.75, 3.05) is 6.54 Å². The van der Waals surface area contributed by atoms with E-state index in [4.69, 9.17) is 27.9 Å². The van der Waals surface area contributed by atoms with Gasteiger partial charge in [-0.1, -0.05) is 29.3 Å². The quantitative estimate of drug-likeness (QED) is 0.325. The maximum absolute atomic E-state index is 12.3. The number of rotatable bonds is 5. The molecule has 2 aromatic rings. The molecule has 1 aliphatic heterocycles. The van der Waals surface area contributed by atoms with Gasteiger partial charge in [-0.05, 0) is 18.2 Å². The van der Waals surface area contributed by atoms with E-state index in [1.54, 1.807) is 12.1 Å². The predicted molar refractivity (Wildman–Crippen MR) is 94.7 cm³/mol. The van der Waals surface area contributed by atoms with Gasteiger partial charge in [-0.15, -0.1) is 0 Å². The smallest absolute Gasteiger partial charge is 0.326 e. The summed E-state index contributed by atoms with van der Waals surface area (Å²) in [6.45, 7) is -0.783. The predicted octanol–water partition coefficient (Wildman–Crippen LogP) is 3.24. The number of halogens is 2. The Morgan fingerprint density at radius 2 is 1.78 bits per heavy atom. The fraction of sp³-hybridized carbons (Fsp3) is 0.118. The van der Waals surface area contributed by atoms with Crippen LogP contribution in [0.1, 0.15) is 26.3 Å². The molecule has 10 heteroatoms. The van der Waals surface area contributed by atoms with Crippen LogP contribution in [0.15, 0.2) is 36.4 Å². The number of ether oxygens (including phenoxy) is 1. The number of carbonyl (C=O) groups excluding carboxylic acids is 3. The number of esters is 1. The number of nitrogens with zero attached hydrogens (tertiary/aromatic N) is 2. The van der Waals surface area contributed by atoms with Crippen LogP contribution < -0.4 is 0 Å². The minimum atomic E-state index is -0.829. The lowest BCUT2D eigenvalue weighted by Crippen LogP contribution is -2.35. The zero-order valence-electron chi connectivity index (χ0n) is 13.5. The lowest BCUT2D eigenvalue weighted by atomic mass is 10.1. The molecule has 0 unspecified atom stereocenters. The van der Waals surface area contributed by atoms with Crippen molar-refractivity contribution in [2.24, 2.45) is 0 Å². The first-order valence-corrected chi connectivity index (χ1v) is 8.27. The maximum Gasteiger partial charge on any atom is 0.326 e. The van der Waals surface area contributed by atoms with E-state index >= 15 is 0 Å². The molecular formula is C17H10Cl2N2O6. The molecule has 0 N–H and O–H groups in total. The number of hydrogen-bond acceptors (Lipinski definition) is 6. The summed E-state index contributed by atoms with van der Waals surface area (Å²) in [7, 11) is 0. The molecule has 0 bridgehead atoms. The van der Waals surface area contributed by atoms with Crippen LogP contribution in [0.5, 0.6) is 0 Å². The van der Waals surface area contributed by atoms with Crippen LogP contribution in [-0.2, 0) is 16.1 Å². The zero-order chi connectivity index (χ0) is 19.7. The second-order valence-corrected chi connectivity index (χ2v) is 6.42. The summed E-state index contributed by atoms with van der Waals surface area (Å²) in [6.07, 6.45) is 0. The van der Waals surface area contributed by atoms with Gasteiger partial charge in [0.15, 0.2) is 0 Å². The molecule has 2 aromatic carbocycles. The molecule has 0 saturated carbocycles. The molecule has 0 fully saturated rings. The van der Waals surface area contributed by atoms with Gasteiger partial charge in [-0.2, -0.15) is 0 Å². The second-order valence-electron chi connectivity index (χ2n) is 5.58. The third-order valence-corrected chi connectivity index (χ3v) is 4.44. The van der Waals surface area contributed by atoms with Crippen LogP contribution >= 0.6 is 23.2 Å². The SMILES string of the molecule is O=C(CN1C(=O)c2ccc([N+](=O)[O-])cc2C1=O)OCc1ccc(Cl)cc1Cl. The molecule has 0 radical (unpaired) electrons. The van der Waals surface area contributed by atoms with Crippen molar-refractivity contribution in [3.05, 3.63) is 73.2 Å². The Hall–Kier alpha value is -2.97. The maximum atomic E-state index is 12.3. The van der Waals surface area contributed by atoms with Crippen molar-refractivity contribution in [3.8, 4) is 0 Å². The Morgan fingerprint density at radius 1 is 1.07 bits per heavy atom. The Bertz CT molecular complexity index is 991. The molecule has 0 aromatic heterocycles. The Morgan fingerprint density at radius 3 is 2.44 bits per heavy atom. The minimum Gasteiger partial charge on any atom is -0.459 e. The molecule has 1 heterocycles. The lowest BCUT2D eigenvalue weighted by molar-refractivity contribution is -0.384. The number of hydrogen-bond donors (Lipinski definition) is 0. The number of non-ortho nitro benzene ring substituents is 1. The first-order chi connectivity index (χ1) is 12.8. The summed E-state index contributed by atoms with van der Waals surface area (Å²) in [5.74, 6) is -2.34. The van der Waals surface area contributed by atoms with Crippen molar-refractivity contribution in [3.63, 3.8) is 0 Å². The Labute approximate surface area is 162 Å². The summed E-state index contributed by atoms with van der Waals surface area (Å²) >= 11 is 11.8. The topological polar surface area (TPSA) is 107 Å². The van der Waals surface area contributed by atoms with E-state index in [0.717, 1.165) is 12.1 Å². The number of amides is 2. The van der Waals surface area contributed by atoms with Gasteiger partial charge in [0.05, 0.1) is 16.1 Å². The number of nitro benzene ring substituents is 1. The fourth-order valence-corrected chi connectivity index (χ4v) is 2.97. The van der Waals surface area contributed by atoms with E-state index < -0.39 is 29.3 Å². The molecule has 0 saturated heterocycles. The van der Waals surface area contributed by atoms with E-state index in [1.165, 1.54) is 12.1 Å². The number of imide groups is 1. The highest BCUT2D eigenvalue weighted by molar-refractivity contribution is 6.35. The monoisotopic (exact) mass is 408 g/mol. The van der Waals surface area contributed by atoms with Crippen molar-refractivity contribution in [2.45, 2.75) is 6.61 Å². The van der Waals surface area contributed by atoms with Gasteiger partial charge in [0.25, 0.3) is 17.5 Å². The highest BCUT2D eigenvalue weighted by Crippen LogP contribution is 2.27. The van der Waals surface area contributed by atoms with Gasteiger partial charge in [0.1, 0.15) is 13.2 Å². The summed E-state index contributed by atoms with van der Waals surface area (Å²) in [5.41, 5.74) is 0.0611. The van der Waals surface area contributed by atoms with E-state index in [9.17, 15) is 24.5 Å². The summed E-state index contributed by atoms with van der Waals surface area (Å²) in [5, 5.41) is 11.6. The first kappa shape index (κ1) is 18.8. The van der Waals surface area contributed by atoms with Crippen LogP contribution in [0.25, 0.3) is 0 Å². The van der Waals surface area contributed by atoms with Crippen LogP contribution in [-0.4, -0.2) is 34.2 Å². The van der Waals surface area contributed by atoms with Crippen LogP contribution in [0, 0.1) is 10.1 Å². The van der Waals surface area contributed by atoms with E-state index in [1.807, 2.05) is 0 Å². The van der Waals surface area contributed by atoms with Crippen molar-refractivity contribution in [1.82, 2.24) is 4.90 Å². The average molecular weight is 409 g/mol. The Kier molecular flexibility index (Phi) is 5.11. The third kappa shape index (κ3) is 3.76. The highest BCUT2D eigenvalue weighted by Gasteiger charge is 2.38. The molecule has 27 heavy (non-hydrogen) atoms. The van der Waals surface area contributed by atoms with Gasteiger partial charge in [0.2, 0.25) is 0 Å². The van der Waals surface area contributed by atoms with Crippen molar-refractivity contribution < 1.29 is 24.0 Å². The fourth-order valence-electron chi connectivity index (χ4n) is 2.51. The standard InChI is InChI=1S/C17H10Cl2N2O6/c18-10-2-1-9(14(19)5-10)8-27-15(22)7-20-16(23)12-4-3-11(21(25)26)6-13(12)17(20)24/h1-6H,7-8H2. The van der Waals surface area contributed by atoms with Gasteiger partial charge >= 0.3 is 5.97 Å². The molecule has 3 rings (SSSR count). The molecule has 2 amide bonds. The summed E-state index contributed by atoms with van der Waals surface area (Å²) in [6, 6.07) is 7.96. The normalized spacial score (nSPS) is 12.9. The molecule has 0 aliphatic carbocycles. The molecule has 0 atom stereocenters. The molecule has 1 aliphatic rings. The van der Waals surface area contributed by atoms with E-state index in [0.29, 0.717) is 20.5 Å². The highest BCUT2D eigenvalue weighted by atomic mass is 35.5. The Balaban J connectivity index is 1.68. The molecular weight excluding hydrogens is 399 g/mol. The van der Waals surface area contributed by atoms with E-state index in [2.05, 4.69) is 0 Å². The number of benzene rings is 2. The van der Waals surface area contributed by atoms with Crippen molar-refractivity contribution in [1.29, 1.82) is 0 Å². The van der Waals surface area contributed by atoms with Gasteiger partial charge in [-0.3, -0.25) is 29.4 Å². The lowest BCUT2D eigenvalue weighted by Gasteiger charge is -2.13. The largest absolute Gasteiger partial charge is 0.459 e. The number of carbonyl (C=O) groups is 3. The first-order valence-electron chi connectivity index (χ1n) is 7.52. The third-order valence-electron chi connectivity index (χ3n) is 3.86. The van der Waals surface area contributed by atoms with Crippen molar-refractivity contribution >= 4 is 46.7 Å². The second kappa shape index (κ2) is 7.34. The summed E-state index contributed by atoms with van der Waals surface area (Å²) in [4.78, 5) is 47.5. The van der Waals surface area contributed by atoms with Crippen LogP contribution in [0.4, 0.5) is 5.69 Å². The average Bonchev–Trinajstić information content (AvgIpc) is 2.85. The minimum absolute atomic E-state index is 0.000791. The van der Waals surface area contributed by atoms with Gasteiger partial charge in [-0.25, -0.2) is 0 Å². The van der Waals surface area contributed by atoms with Gasteiger partial charge < -0.3 is 4.74 Å². The summed E-state index contributed by atoms with van der Waals surface area (Å²) < 4.78 is 5.05. The van der Waals surface area contributed by atoms with Gasteiger partial charge in [0, 0.05) is 27.7 Å². The zero-order valence-corrected chi connectivity index (χ0v) is 15.0. The molecule has 138 valence electrons. The number of fused-ring (bicyclic) bond motifs is 1. The van der Waals surface area contributed by atoms with Crippen LogP contribution in [0.2, 0.25) is 10.0 Å². The van der Waals surface area contributed by atoms with E-state index in [-0.39, 0.29) is 23.4 Å². The van der Waals surface area contributed by atoms with Crippen LogP contribution in [0.3, 0.4) is 0 Å². The number of nitro groups is 1.